The maximum absolute atomic E-state index is 12.3. The number of benzene rings is 1. The fourth-order valence-electron chi connectivity index (χ4n) is 3.33. The number of urea groups is 1. The Labute approximate surface area is 154 Å². The number of rotatable bonds is 4. The zero-order valence-corrected chi connectivity index (χ0v) is 15.8. The van der Waals surface area contributed by atoms with Gasteiger partial charge in [-0.1, -0.05) is 0 Å². The molecule has 2 fully saturated rings. The Morgan fingerprint density at radius 3 is 2.73 bits per heavy atom. The van der Waals surface area contributed by atoms with Crippen LogP contribution in [0.5, 0.6) is 11.5 Å². The highest BCUT2D eigenvalue weighted by Crippen LogP contribution is 2.36. The van der Waals surface area contributed by atoms with Crippen LogP contribution in [-0.2, 0) is 9.84 Å². The number of ether oxygens (including phenoxy) is 2. The third-order valence-corrected chi connectivity index (χ3v) is 7.12. The number of amides is 2. The molecule has 2 aliphatic rings. The van der Waals surface area contributed by atoms with Crippen molar-refractivity contribution in [1.29, 1.82) is 0 Å². The van der Waals surface area contributed by atoms with Crippen molar-refractivity contribution in [2.24, 2.45) is 0 Å². The summed E-state index contributed by atoms with van der Waals surface area (Å²) in [7, 11) is -0.0170. The van der Waals surface area contributed by atoms with Crippen molar-refractivity contribution in [2.75, 3.05) is 30.6 Å². The van der Waals surface area contributed by atoms with Gasteiger partial charge in [0.05, 0.1) is 43.5 Å². The second-order valence-electron chi connectivity index (χ2n) is 6.16. The lowest BCUT2D eigenvalue weighted by molar-refractivity contribution is 0.251. The molecule has 10 heteroatoms. The molecule has 0 spiro atoms. The van der Waals surface area contributed by atoms with E-state index >= 15 is 0 Å². The van der Waals surface area contributed by atoms with Crippen LogP contribution in [0.2, 0.25) is 0 Å². The van der Waals surface area contributed by atoms with Gasteiger partial charge in [-0.3, -0.25) is 4.90 Å². The van der Waals surface area contributed by atoms with Gasteiger partial charge in [-0.25, -0.2) is 18.2 Å². The van der Waals surface area contributed by atoms with E-state index in [4.69, 9.17) is 9.47 Å². The number of nitrogens with zero attached hydrogens (tertiary/aromatic N) is 2. The lowest BCUT2D eigenvalue weighted by atomic mass is 10.1. The van der Waals surface area contributed by atoms with E-state index in [2.05, 4.69) is 10.3 Å². The van der Waals surface area contributed by atoms with Crippen molar-refractivity contribution in [3.63, 3.8) is 0 Å². The van der Waals surface area contributed by atoms with Crippen LogP contribution in [0, 0.1) is 0 Å². The molecule has 2 saturated heterocycles. The summed E-state index contributed by atoms with van der Waals surface area (Å²) in [5.41, 5.74) is 1.50. The van der Waals surface area contributed by atoms with E-state index in [1.165, 1.54) is 16.2 Å². The van der Waals surface area contributed by atoms with Crippen LogP contribution in [0.3, 0.4) is 0 Å². The number of sulfone groups is 1. The number of carbonyl (C=O) groups excluding carboxylic acids is 1. The summed E-state index contributed by atoms with van der Waals surface area (Å²) in [5.74, 6) is 1.14. The monoisotopic (exact) mass is 395 g/mol. The molecule has 0 saturated carbocycles. The number of thiazole rings is 1. The lowest BCUT2D eigenvalue weighted by Crippen LogP contribution is -2.36. The summed E-state index contributed by atoms with van der Waals surface area (Å²) >= 11 is 1.30. The van der Waals surface area contributed by atoms with E-state index in [-0.39, 0.29) is 23.6 Å². The van der Waals surface area contributed by atoms with Gasteiger partial charge in [0.25, 0.3) is 0 Å². The predicted octanol–water partition coefficient (Wildman–Crippen LogP) is 1.52. The van der Waals surface area contributed by atoms with Crippen LogP contribution in [-0.4, -0.2) is 57.2 Å². The molecule has 0 aliphatic carbocycles. The Balaban J connectivity index is 1.65. The number of aromatic nitrogens is 1. The fraction of sp³-hybridized carbons (Fsp3) is 0.375. The largest absolute Gasteiger partial charge is 0.493 e. The van der Waals surface area contributed by atoms with Crippen LogP contribution in [0.15, 0.2) is 23.6 Å². The highest BCUT2D eigenvalue weighted by atomic mass is 32.2. The molecule has 3 heterocycles. The van der Waals surface area contributed by atoms with E-state index < -0.39 is 15.9 Å². The molecular weight excluding hydrogens is 378 g/mol. The topological polar surface area (TPSA) is 97.8 Å². The molecule has 26 heavy (non-hydrogen) atoms. The van der Waals surface area contributed by atoms with E-state index in [0.717, 1.165) is 5.56 Å². The zero-order valence-electron chi connectivity index (χ0n) is 14.1. The molecule has 2 aliphatic heterocycles. The molecule has 0 bridgehead atoms. The third-order valence-electron chi connectivity index (χ3n) is 4.56. The quantitative estimate of drug-likeness (QED) is 0.789. The van der Waals surface area contributed by atoms with Gasteiger partial charge < -0.3 is 14.8 Å². The summed E-state index contributed by atoms with van der Waals surface area (Å²) in [6.45, 7) is 0. The standard InChI is InChI=1S/C16H17N3O5S2/c1-23-13-4-3-9(5-14(13)24-2)10-6-25-16(18-10)19-12-8-26(21,22)7-11(12)17-15(19)20/h3-6,11-12H,7-8H2,1-2H3,(H,17,20)/t11-,12-/m0/s1. The summed E-state index contributed by atoms with van der Waals surface area (Å²) in [6.07, 6.45) is 0. The Morgan fingerprint density at radius 2 is 2.00 bits per heavy atom. The van der Waals surface area contributed by atoms with Crippen molar-refractivity contribution in [1.82, 2.24) is 10.3 Å². The average Bonchev–Trinajstić information content (AvgIpc) is 3.26. The number of hydrogen-bond acceptors (Lipinski definition) is 7. The number of methoxy groups -OCH3 is 2. The van der Waals surface area contributed by atoms with Gasteiger partial charge in [-0.05, 0) is 18.2 Å². The molecule has 0 radical (unpaired) electrons. The maximum Gasteiger partial charge on any atom is 0.324 e. The van der Waals surface area contributed by atoms with Gasteiger partial charge in [-0.2, -0.15) is 0 Å². The molecule has 2 atom stereocenters. The number of nitrogens with one attached hydrogen (secondary N) is 1. The summed E-state index contributed by atoms with van der Waals surface area (Å²) in [4.78, 5) is 18.3. The number of hydrogen-bond donors (Lipinski definition) is 1. The number of anilines is 1. The Kier molecular flexibility index (Phi) is 4.03. The Morgan fingerprint density at radius 1 is 1.23 bits per heavy atom. The first kappa shape index (κ1) is 17.1. The summed E-state index contributed by atoms with van der Waals surface area (Å²) in [6, 6.07) is 4.37. The summed E-state index contributed by atoms with van der Waals surface area (Å²) in [5, 5.41) is 5.06. The molecule has 2 amide bonds. The van der Waals surface area contributed by atoms with E-state index in [0.29, 0.717) is 22.3 Å². The van der Waals surface area contributed by atoms with Gasteiger partial charge in [0.1, 0.15) is 0 Å². The third kappa shape index (κ3) is 2.78. The summed E-state index contributed by atoms with van der Waals surface area (Å²) < 4.78 is 34.3. The minimum Gasteiger partial charge on any atom is -0.493 e. The van der Waals surface area contributed by atoms with Crippen molar-refractivity contribution >= 4 is 32.3 Å². The lowest BCUT2D eigenvalue weighted by Gasteiger charge is -2.17. The highest BCUT2D eigenvalue weighted by Gasteiger charge is 2.50. The van der Waals surface area contributed by atoms with Crippen molar-refractivity contribution < 1.29 is 22.7 Å². The van der Waals surface area contributed by atoms with Crippen molar-refractivity contribution in [3.8, 4) is 22.8 Å². The van der Waals surface area contributed by atoms with Crippen molar-refractivity contribution in [3.05, 3.63) is 23.6 Å². The second-order valence-corrected chi connectivity index (χ2v) is 9.15. The van der Waals surface area contributed by atoms with Gasteiger partial charge in [0.15, 0.2) is 26.5 Å². The molecule has 1 aromatic carbocycles. The molecule has 138 valence electrons. The normalized spacial score (nSPS) is 23.6. The van der Waals surface area contributed by atoms with Crippen LogP contribution in [0.4, 0.5) is 9.93 Å². The average molecular weight is 395 g/mol. The predicted molar refractivity (Wildman–Crippen MR) is 97.9 cm³/mol. The SMILES string of the molecule is COc1ccc(-c2csc(N3C(=O)N[C@H]4CS(=O)(=O)C[C@@H]43)n2)cc1OC. The first-order valence-electron chi connectivity index (χ1n) is 7.90. The smallest absolute Gasteiger partial charge is 0.324 e. The maximum atomic E-state index is 12.3. The first-order valence-corrected chi connectivity index (χ1v) is 10.6. The van der Waals surface area contributed by atoms with Crippen molar-refractivity contribution in [2.45, 2.75) is 12.1 Å². The Bertz CT molecular complexity index is 972. The van der Waals surface area contributed by atoms with Gasteiger partial charge in [-0.15, -0.1) is 11.3 Å². The molecule has 0 unspecified atom stereocenters. The molecule has 1 N–H and O–H groups in total. The Hall–Kier alpha value is -2.33. The first-order chi connectivity index (χ1) is 12.4. The molecular formula is C16H17N3O5S2. The van der Waals surface area contributed by atoms with Gasteiger partial charge in [0.2, 0.25) is 0 Å². The van der Waals surface area contributed by atoms with E-state index in [1.54, 1.807) is 20.3 Å². The fourth-order valence-corrected chi connectivity index (χ4v) is 6.11. The number of fused-ring (bicyclic) bond motifs is 1. The zero-order chi connectivity index (χ0) is 18.5. The highest BCUT2D eigenvalue weighted by molar-refractivity contribution is 7.91. The van der Waals surface area contributed by atoms with E-state index in [1.807, 2.05) is 17.5 Å². The molecule has 8 nitrogen and oxygen atoms in total. The minimum atomic E-state index is -3.14. The van der Waals surface area contributed by atoms with Crippen LogP contribution < -0.4 is 19.7 Å². The van der Waals surface area contributed by atoms with Crippen LogP contribution in [0.25, 0.3) is 11.3 Å². The number of carbonyl (C=O) groups is 1. The van der Waals surface area contributed by atoms with Gasteiger partial charge in [0, 0.05) is 10.9 Å². The van der Waals surface area contributed by atoms with Crippen LogP contribution in [0.1, 0.15) is 0 Å². The molecule has 1 aromatic heterocycles. The second kappa shape index (κ2) is 6.13. The molecule has 2 aromatic rings. The van der Waals surface area contributed by atoms with E-state index in [9.17, 15) is 13.2 Å². The molecule has 4 rings (SSSR count). The van der Waals surface area contributed by atoms with Gasteiger partial charge >= 0.3 is 6.03 Å². The van der Waals surface area contributed by atoms with Crippen LogP contribution >= 0.6 is 11.3 Å². The minimum absolute atomic E-state index is 0.0200.